The fourth-order valence-corrected chi connectivity index (χ4v) is 3.19. The van der Waals surface area contributed by atoms with Gasteiger partial charge in [-0.3, -0.25) is 9.59 Å². The van der Waals surface area contributed by atoms with Crippen LogP contribution in [0.3, 0.4) is 0 Å². The highest BCUT2D eigenvalue weighted by atomic mass is 79.9. The molecule has 0 unspecified atom stereocenters. The molecule has 1 aromatic heterocycles. The van der Waals surface area contributed by atoms with Crippen molar-refractivity contribution in [3.8, 4) is 0 Å². The number of carboxylic acid groups (broad SMARTS) is 1. The molecule has 1 fully saturated rings. The van der Waals surface area contributed by atoms with Crippen molar-refractivity contribution >= 4 is 27.8 Å². The highest BCUT2D eigenvalue weighted by Crippen LogP contribution is 2.26. The molecule has 0 atom stereocenters. The van der Waals surface area contributed by atoms with Crippen molar-refractivity contribution in [2.24, 2.45) is 0 Å². The Labute approximate surface area is 138 Å². The fraction of sp³-hybridized carbons (Fsp3) is 0.600. The van der Waals surface area contributed by atoms with Gasteiger partial charge in [0.15, 0.2) is 0 Å². The van der Waals surface area contributed by atoms with Gasteiger partial charge >= 0.3 is 5.97 Å². The van der Waals surface area contributed by atoms with Crippen molar-refractivity contribution < 1.29 is 19.4 Å². The molecule has 0 saturated carbocycles. The van der Waals surface area contributed by atoms with E-state index in [1.165, 1.54) is 0 Å². The summed E-state index contributed by atoms with van der Waals surface area (Å²) in [5.74, 6) is -1.16. The maximum atomic E-state index is 12.7. The van der Waals surface area contributed by atoms with Crippen molar-refractivity contribution in [3.05, 3.63) is 22.4 Å². The maximum Gasteiger partial charge on any atom is 0.305 e. The van der Waals surface area contributed by atoms with Crippen molar-refractivity contribution in [1.82, 2.24) is 9.88 Å². The van der Waals surface area contributed by atoms with Crippen LogP contribution < -0.4 is 5.32 Å². The highest BCUT2D eigenvalue weighted by Gasteiger charge is 2.37. The van der Waals surface area contributed by atoms with Crippen LogP contribution >= 0.6 is 15.9 Å². The first-order valence-corrected chi connectivity index (χ1v) is 8.12. The predicted molar refractivity (Wildman–Crippen MR) is 85.0 cm³/mol. The number of ether oxygens (including phenoxy) is 1. The van der Waals surface area contributed by atoms with Gasteiger partial charge in [0.25, 0.3) is 5.91 Å². The quantitative estimate of drug-likeness (QED) is 0.832. The molecule has 1 amide bonds. The number of rotatable bonds is 5. The topological polar surface area (TPSA) is 80.6 Å². The van der Waals surface area contributed by atoms with Crippen LogP contribution in [0, 0.1) is 0 Å². The molecule has 1 saturated heterocycles. The molecule has 0 spiro atoms. The van der Waals surface area contributed by atoms with E-state index >= 15 is 0 Å². The first-order valence-electron chi connectivity index (χ1n) is 7.32. The molecule has 6 nitrogen and oxygen atoms in total. The molecule has 0 radical (unpaired) electrons. The van der Waals surface area contributed by atoms with Gasteiger partial charge in [-0.05, 0) is 48.7 Å². The summed E-state index contributed by atoms with van der Waals surface area (Å²) in [7, 11) is 0. The van der Waals surface area contributed by atoms with Crippen LogP contribution in [0.5, 0.6) is 0 Å². The first kappa shape index (κ1) is 17.0. The summed E-state index contributed by atoms with van der Waals surface area (Å²) in [5.41, 5.74) is -0.210. The number of aliphatic carboxylic acids is 1. The largest absolute Gasteiger partial charge is 0.481 e. The lowest BCUT2D eigenvalue weighted by atomic mass is 9.86. The van der Waals surface area contributed by atoms with E-state index in [-0.39, 0.29) is 18.4 Å². The van der Waals surface area contributed by atoms with Gasteiger partial charge in [-0.15, -0.1) is 0 Å². The zero-order valence-electron chi connectivity index (χ0n) is 12.8. The van der Waals surface area contributed by atoms with E-state index in [0.29, 0.717) is 31.7 Å². The van der Waals surface area contributed by atoms with Crippen LogP contribution in [0.15, 0.2) is 16.7 Å². The van der Waals surface area contributed by atoms with Crippen molar-refractivity contribution in [2.75, 3.05) is 13.2 Å². The number of carboxylic acids is 1. The zero-order valence-corrected chi connectivity index (χ0v) is 14.4. The summed E-state index contributed by atoms with van der Waals surface area (Å²) in [6, 6.07) is 1.89. The molecule has 0 bridgehead atoms. The second kappa shape index (κ2) is 6.83. The molecular formula is C15H21BrN2O4. The molecule has 22 heavy (non-hydrogen) atoms. The van der Waals surface area contributed by atoms with Crippen molar-refractivity contribution in [2.45, 2.75) is 44.7 Å². The molecule has 0 aliphatic carbocycles. The Bertz CT molecular complexity index is 562. The van der Waals surface area contributed by atoms with Gasteiger partial charge in [-0.25, -0.2) is 0 Å². The number of nitrogens with one attached hydrogen (secondary N) is 1. The van der Waals surface area contributed by atoms with Crippen LogP contribution in [0.2, 0.25) is 0 Å². The Morgan fingerprint density at radius 2 is 2.09 bits per heavy atom. The van der Waals surface area contributed by atoms with Gasteiger partial charge in [0.2, 0.25) is 0 Å². The molecule has 1 aromatic rings. The Hall–Kier alpha value is -1.34. The lowest BCUT2D eigenvalue weighted by molar-refractivity contribution is -0.139. The van der Waals surface area contributed by atoms with E-state index in [1.54, 1.807) is 6.07 Å². The number of hydrogen-bond acceptors (Lipinski definition) is 3. The molecule has 122 valence electrons. The van der Waals surface area contributed by atoms with E-state index in [2.05, 4.69) is 21.2 Å². The Balaban J connectivity index is 2.23. The fourth-order valence-electron chi connectivity index (χ4n) is 2.76. The first-order chi connectivity index (χ1) is 10.3. The van der Waals surface area contributed by atoms with Crippen LogP contribution in [0.1, 0.15) is 49.6 Å². The second-order valence-corrected chi connectivity index (χ2v) is 6.88. The molecule has 2 heterocycles. The van der Waals surface area contributed by atoms with Gasteiger partial charge in [0.05, 0.1) is 12.0 Å². The highest BCUT2D eigenvalue weighted by molar-refractivity contribution is 9.10. The Morgan fingerprint density at radius 3 is 2.64 bits per heavy atom. The lowest BCUT2D eigenvalue weighted by Gasteiger charge is -2.37. The number of carbonyl (C=O) groups excluding carboxylic acids is 1. The normalized spacial score (nSPS) is 17.5. The molecule has 1 aliphatic rings. The monoisotopic (exact) mass is 372 g/mol. The average Bonchev–Trinajstić information content (AvgIpc) is 2.81. The Kier molecular flexibility index (Phi) is 5.28. The van der Waals surface area contributed by atoms with Crippen LogP contribution in [0.25, 0.3) is 0 Å². The molecule has 7 heteroatoms. The Morgan fingerprint density at radius 1 is 1.45 bits per heavy atom. The minimum Gasteiger partial charge on any atom is -0.481 e. The average molecular weight is 373 g/mol. The summed E-state index contributed by atoms with van der Waals surface area (Å²) >= 11 is 3.38. The summed E-state index contributed by atoms with van der Waals surface area (Å²) in [5, 5.41) is 12.1. The second-order valence-electron chi connectivity index (χ2n) is 5.96. The van der Waals surface area contributed by atoms with Crippen LogP contribution in [-0.2, 0) is 9.53 Å². The van der Waals surface area contributed by atoms with E-state index in [9.17, 15) is 9.59 Å². The number of halogens is 1. The number of hydrogen-bond donors (Lipinski definition) is 2. The summed E-state index contributed by atoms with van der Waals surface area (Å²) in [4.78, 5) is 23.8. The molecule has 2 N–H and O–H groups in total. The molecule has 1 aliphatic heterocycles. The van der Waals surface area contributed by atoms with Gasteiger partial charge in [-0.2, -0.15) is 0 Å². The predicted octanol–water partition coefficient (Wildman–Crippen LogP) is 2.59. The number of amides is 1. The lowest BCUT2D eigenvalue weighted by Crippen LogP contribution is -2.53. The number of carbonyl (C=O) groups is 2. The van der Waals surface area contributed by atoms with Crippen LogP contribution in [-0.4, -0.2) is 40.3 Å². The third-order valence-electron chi connectivity index (χ3n) is 3.92. The van der Waals surface area contributed by atoms with E-state index in [0.717, 1.165) is 4.47 Å². The van der Waals surface area contributed by atoms with E-state index in [1.807, 2.05) is 24.6 Å². The standard InChI is InChI=1S/C15H21BrN2O4/c1-10(2)18-9-11(16)7-12(18)14(21)17-15(8-13(19)20)3-5-22-6-4-15/h7,9-10H,3-6,8H2,1-2H3,(H,17,21)(H,19,20). The van der Waals surface area contributed by atoms with E-state index < -0.39 is 11.5 Å². The summed E-state index contributed by atoms with van der Waals surface area (Å²) < 4.78 is 8.00. The minimum absolute atomic E-state index is 0.0916. The number of aromatic nitrogens is 1. The van der Waals surface area contributed by atoms with Gasteiger partial charge in [0.1, 0.15) is 5.69 Å². The van der Waals surface area contributed by atoms with Crippen molar-refractivity contribution in [1.29, 1.82) is 0 Å². The third-order valence-corrected chi connectivity index (χ3v) is 4.36. The third kappa shape index (κ3) is 3.89. The smallest absolute Gasteiger partial charge is 0.305 e. The van der Waals surface area contributed by atoms with Crippen molar-refractivity contribution in [3.63, 3.8) is 0 Å². The van der Waals surface area contributed by atoms with Gasteiger partial charge in [0, 0.05) is 29.9 Å². The molecule has 2 rings (SSSR count). The number of nitrogens with zero attached hydrogens (tertiary/aromatic N) is 1. The summed E-state index contributed by atoms with van der Waals surface area (Å²) in [6.07, 6.45) is 2.78. The zero-order chi connectivity index (χ0) is 16.3. The molecule has 0 aromatic carbocycles. The van der Waals surface area contributed by atoms with E-state index in [4.69, 9.17) is 9.84 Å². The molecular weight excluding hydrogens is 352 g/mol. The minimum atomic E-state index is -0.914. The maximum absolute atomic E-state index is 12.7. The van der Waals surface area contributed by atoms with Crippen LogP contribution in [0.4, 0.5) is 0 Å². The van der Waals surface area contributed by atoms with Gasteiger partial charge in [-0.1, -0.05) is 0 Å². The SMILES string of the molecule is CC(C)n1cc(Br)cc1C(=O)NC1(CC(=O)O)CCOCC1. The van der Waals surface area contributed by atoms with Gasteiger partial charge < -0.3 is 19.7 Å². The summed E-state index contributed by atoms with van der Waals surface area (Å²) in [6.45, 7) is 4.90.